The van der Waals surface area contributed by atoms with Crippen LogP contribution in [0.1, 0.15) is 17.0 Å². The maximum absolute atomic E-state index is 12.2. The number of carbonyl (C=O) groups is 2. The minimum absolute atomic E-state index is 0.0592. The van der Waals surface area contributed by atoms with E-state index in [-0.39, 0.29) is 11.5 Å². The predicted molar refractivity (Wildman–Crippen MR) is 90.6 cm³/mol. The number of carbonyl (C=O) groups excluding carboxylic acids is 2. The van der Waals surface area contributed by atoms with E-state index in [9.17, 15) is 18.0 Å². The Morgan fingerprint density at radius 1 is 1.42 bits per heavy atom. The monoisotopic (exact) mass is 372 g/mol. The number of anilines is 1. The fourth-order valence-corrected chi connectivity index (χ4v) is 5.79. The van der Waals surface area contributed by atoms with Crippen molar-refractivity contribution in [3.05, 3.63) is 10.6 Å². The molecule has 1 atom stereocenters. The van der Waals surface area contributed by atoms with Crippen LogP contribution in [0.5, 0.6) is 0 Å². The van der Waals surface area contributed by atoms with Gasteiger partial charge in [0, 0.05) is 37.5 Å². The summed E-state index contributed by atoms with van der Waals surface area (Å²) in [7, 11) is 0.384. The molecule has 24 heavy (non-hydrogen) atoms. The van der Waals surface area contributed by atoms with Gasteiger partial charge in [0.05, 0.1) is 17.2 Å². The van der Waals surface area contributed by atoms with Gasteiger partial charge in [-0.05, 0) is 13.5 Å². The zero-order valence-corrected chi connectivity index (χ0v) is 15.2. The molecule has 1 aromatic heterocycles. The number of nitrogens with zero attached hydrogens (tertiary/aromatic N) is 3. The Hall–Kier alpha value is -1.52. The first kappa shape index (κ1) is 17.3. The molecule has 10 heteroatoms. The van der Waals surface area contributed by atoms with Crippen LogP contribution in [0.2, 0.25) is 0 Å². The Balaban J connectivity index is 1.63. The lowest BCUT2D eigenvalue weighted by Gasteiger charge is -2.22. The molecule has 132 valence electrons. The molecule has 3 heterocycles. The van der Waals surface area contributed by atoms with Gasteiger partial charge in [0.15, 0.2) is 15.0 Å². The highest BCUT2D eigenvalue weighted by atomic mass is 32.2. The van der Waals surface area contributed by atoms with Crippen LogP contribution in [0.15, 0.2) is 0 Å². The van der Waals surface area contributed by atoms with E-state index >= 15 is 0 Å². The van der Waals surface area contributed by atoms with E-state index in [2.05, 4.69) is 15.2 Å². The van der Waals surface area contributed by atoms with Gasteiger partial charge in [0.1, 0.15) is 0 Å². The molecular weight excluding hydrogens is 352 g/mol. The molecule has 0 saturated carbocycles. The molecule has 1 aromatic rings. The topological polar surface area (TPSA) is 99.7 Å². The van der Waals surface area contributed by atoms with Gasteiger partial charge in [-0.3, -0.25) is 14.9 Å². The Bertz CT molecular complexity index is 774. The fraction of sp³-hybridized carbons (Fsp3) is 0.643. The van der Waals surface area contributed by atoms with E-state index in [1.54, 1.807) is 0 Å². The number of thiazole rings is 1. The van der Waals surface area contributed by atoms with E-state index in [1.807, 2.05) is 7.05 Å². The van der Waals surface area contributed by atoms with Crippen molar-refractivity contribution < 1.29 is 18.0 Å². The standard InChI is InChI=1S/C14H20N4O4S2/c1-17-5-3-10-11(7-17)23-14(15-10)16-12(19)13(20)18(2)9-4-6-24(21,22)8-9/h9H,3-8H2,1-2H3,(H,15,16,19). The van der Waals surface area contributed by atoms with Gasteiger partial charge < -0.3 is 9.80 Å². The highest BCUT2D eigenvalue weighted by Gasteiger charge is 2.35. The van der Waals surface area contributed by atoms with Crippen LogP contribution in [0.25, 0.3) is 0 Å². The van der Waals surface area contributed by atoms with Crippen molar-refractivity contribution in [3.63, 3.8) is 0 Å². The van der Waals surface area contributed by atoms with Gasteiger partial charge in [0.2, 0.25) is 0 Å². The molecule has 0 aliphatic carbocycles. The molecule has 1 N–H and O–H groups in total. The van der Waals surface area contributed by atoms with Crippen molar-refractivity contribution in [3.8, 4) is 0 Å². The maximum Gasteiger partial charge on any atom is 0.315 e. The van der Waals surface area contributed by atoms with Crippen LogP contribution < -0.4 is 5.32 Å². The minimum Gasteiger partial charge on any atom is -0.333 e. The first-order chi connectivity index (χ1) is 11.2. The SMILES string of the molecule is CN1CCc2nc(NC(=O)C(=O)N(C)C3CCS(=O)(=O)C3)sc2C1. The summed E-state index contributed by atoms with van der Waals surface area (Å²) in [5, 5.41) is 2.97. The number of fused-ring (bicyclic) bond motifs is 1. The van der Waals surface area contributed by atoms with Gasteiger partial charge in [0.25, 0.3) is 0 Å². The van der Waals surface area contributed by atoms with Crippen LogP contribution in [-0.2, 0) is 32.4 Å². The second-order valence-corrected chi connectivity index (χ2v) is 9.62. The first-order valence-corrected chi connectivity index (χ1v) is 10.3. The summed E-state index contributed by atoms with van der Waals surface area (Å²) >= 11 is 1.38. The molecule has 1 saturated heterocycles. The summed E-state index contributed by atoms with van der Waals surface area (Å²) < 4.78 is 23.0. The number of rotatable bonds is 2. The number of aromatic nitrogens is 1. The highest BCUT2D eigenvalue weighted by Crippen LogP contribution is 2.27. The molecule has 0 bridgehead atoms. The molecule has 1 unspecified atom stereocenters. The number of amides is 2. The Morgan fingerprint density at radius 3 is 2.83 bits per heavy atom. The third-order valence-electron chi connectivity index (χ3n) is 4.41. The molecule has 2 amide bonds. The van der Waals surface area contributed by atoms with Crippen molar-refractivity contribution in [2.75, 3.05) is 37.5 Å². The molecule has 0 radical (unpaired) electrons. The smallest absolute Gasteiger partial charge is 0.315 e. The van der Waals surface area contributed by atoms with E-state index in [4.69, 9.17) is 0 Å². The van der Waals surface area contributed by atoms with E-state index < -0.39 is 27.7 Å². The zero-order chi connectivity index (χ0) is 17.5. The number of nitrogens with one attached hydrogen (secondary N) is 1. The van der Waals surface area contributed by atoms with E-state index in [0.29, 0.717) is 11.6 Å². The van der Waals surface area contributed by atoms with Gasteiger partial charge in [-0.15, -0.1) is 11.3 Å². The number of likely N-dealkylation sites (N-methyl/N-ethyl adjacent to an activating group) is 2. The lowest BCUT2D eigenvalue weighted by Crippen LogP contribution is -2.43. The van der Waals surface area contributed by atoms with Crippen molar-refractivity contribution >= 4 is 38.1 Å². The largest absolute Gasteiger partial charge is 0.333 e. The van der Waals surface area contributed by atoms with Gasteiger partial charge in [-0.1, -0.05) is 0 Å². The number of sulfone groups is 1. The molecule has 8 nitrogen and oxygen atoms in total. The molecule has 3 rings (SSSR count). The Labute approximate surface area is 144 Å². The quantitative estimate of drug-likeness (QED) is 0.717. The maximum atomic E-state index is 12.2. The van der Waals surface area contributed by atoms with Gasteiger partial charge >= 0.3 is 11.8 Å². The number of hydrogen-bond acceptors (Lipinski definition) is 7. The molecular formula is C14H20N4O4S2. The summed E-state index contributed by atoms with van der Waals surface area (Å²) in [6.45, 7) is 1.71. The third-order valence-corrected chi connectivity index (χ3v) is 7.16. The van der Waals surface area contributed by atoms with Crippen LogP contribution in [-0.4, -0.2) is 73.2 Å². The predicted octanol–water partition coefficient (Wildman–Crippen LogP) is -0.285. The second-order valence-electron chi connectivity index (χ2n) is 6.30. The Kier molecular flexibility index (Phi) is 4.63. The van der Waals surface area contributed by atoms with Crippen LogP contribution in [0.4, 0.5) is 5.13 Å². The third kappa shape index (κ3) is 3.60. The average molecular weight is 372 g/mol. The van der Waals surface area contributed by atoms with Crippen molar-refractivity contribution in [2.24, 2.45) is 0 Å². The lowest BCUT2D eigenvalue weighted by atomic mass is 10.2. The first-order valence-electron chi connectivity index (χ1n) is 7.71. The summed E-state index contributed by atoms with van der Waals surface area (Å²) in [4.78, 5) is 33.3. The van der Waals surface area contributed by atoms with Crippen molar-refractivity contribution in [2.45, 2.75) is 25.4 Å². The molecule has 0 aromatic carbocycles. The summed E-state index contributed by atoms with van der Waals surface area (Å²) in [5.41, 5.74) is 0.969. The van der Waals surface area contributed by atoms with Crippen LogP contribution >= 0.6 is 11.3 Å². The van der Waals surface area contributed by atoms with Crippen LogP contribution in [0.3, 0.4) is 0 Å². The zero-order valence-electron chi connectivity index (χ0n) is 13.6. The van der Waals surface area contributed by atoms with E-state index in [0.717, 1.165) is 30.1 Å². The summed E-state index contributed by atoms with van der Waals surface area (Å²) in [6, 6.07) is -0.439. The van der Waals surface area contributed by atoms with Crippen molar-refractivity contribution in [1.82, 2.24) is 14.8 Å². The second kappa shape index (κ2) is 6.41. The molecule has 2 aliphatic heterocycles. The molecule has 1 fully saturated rings. The number of hydrogen-bond donors (Lipinski definition) is 1. The summed E-state index contributed by atoms with van der Waals surface area (Å²) in [6.07, 6.45) is 1.20. The fourth-order valence-electron chi connectivity index (χ4n) is 2.93. The van der Waals surface area contributed by atoms with Gasteiger partial charge in [-0.2, -0.15) is 0 Å². The summed E-state index contributed by atoms with van der Waals surface area (Å²) in [5.74, 6) is -1.53. The molecule has 2 aliphatic rings. The van der Waals surface area contributed by atoms with Crippen LogP contribution in [0, 0.1) is 0 Å². The van der Waals surface area contributed by atoms with E-state index in [1.165, 1.54) is 23.3 Å². The normalized spacial score (nSPS) is 22.8. The van der Waals surface area contributed by atoms with Crippen molar-refractivity contribution in [1.29, 1.82) is 0 Å². The molecule has 0 spiro atoms. The minimum atomic E-state index is -3.11. The lowest BCUT2D eigenvalue weighted by molar-refractivity contribution is -0.143. The highest BCUT2D eigenvalue weighted by molar-refractivity contribution is 7.91. The Morgan fingerprint density at radius 2 is 2.17 bits per heavy atom. The van der Waals surface area contributed by atoms with Gasteiger partial charge in [-0.25, -0.2) is 13.4 Å². The average Bonchev–Trinajstić information content (AvgIpc) is 3.07.